The normalized spacial score (nSPS) is 10.6. The lowest BCUT2D eigenvalue weighted by Gasteiger charge is -2.10. The van der Waals surface area contributed by atoms with Crippen molar-refractivity contribution in [3.05, 3.63) is 53.4 Å². The molecule has 2 aromatic heterocycles. The van der Waals surface area contributed by atoms with Crippen molar-refractivity contribution in [1.29, 1.82) is 0 Å². The van der Waals surface area contributed by atoms with Gasteiger partial charge in [-0.25, -0.2) is 18.7 Å². The molecular weight excluding hydrogens is 383 g/mol. The van der Waals surface area contributed by atoms with Crippen LogP contribution in [-0.2, 0) is 20.7 Å². The van der Waals surface area contributed by atoms with Crippen LogP contribution in [0.4, 0.5) is 14.9 Å². The predicted octanol–water partition coefficient (Wildman–Crippen LogP) is 1.31. The number of carbonyl (C=O) groups excluding carboxylic acids is 3. The SMILES string of the molecule is Cc1nc2ncnn2c(C)c1CC(=O)OCC(=O)NC(=O)Nc1ccccc1F. The van der Waals surface area contributed by atoms with E-state index in [0.717, 1.165) is 6.07 Å². The summed E-state index contributed by atoms with van der Waals surface area (Å²) >= 11 is 0. The van der Waals surface area contributed by atoms with E-state index < -0.39 is 30.3 Å². The molecule has 3 amide bonds. The van der Waals surface area contributed by atoms with Gasteiger partial charge in [-0.15, -0.1) is 0 Å². The Morgan fingerprint density at radius 1 is 1.21 bits per heavy atom. The van der Waals surface area contributed by atoms with Crippen LogP contribution in [0.1, 0.15) is 17.0 Å². The fourth-order valence-electron chi connectivity index (χ4n) is 2.63. The van der Waals surface area contributed by atoms with Crippen molar-refractivity contribution in [3.8, 4) is 0 Å². The van der Waals surface area contributed by atoms with Crippen molar-refractivity contribution in [1.82, 2.24) is 24.9 Å². The maximum absolute atomic E-state index is 13.5. The topological polar surface area (TPSA) is 128 Å². The maximum Gasteiger partial charge on any atom is 0.326 e. The first-order valence-corrected chi connectivity index (χ1v) is 8.52. The number of amides is 3. The molecule has 0 saturated carbocycles. The molecule has 0 radical (unpaired) electrons. The lowest BCUT2D eigenvalue weighted by molar-refractivity contribution is -0.147. The van der Waals surface area contributed by atoms with Crippen molar-refractivity contribution in [2.24, 2.45) is 0 Å². The predicted molar refractivity (Wildman–Crippen MR) is 98.5 cm³/mol. The largest absolute Gasteiger partial charge is 0.455 e. The van der Waals surface area contributed by atoms with Crippen molar-refractivity contribution >= 4 is 29.4 Å². The number of rotatable bonds is 5. The Kier molecular flexibility index (Phi) is 5.77. The highest BCUT2D eigenvalue weighted by atomic mass is 19.1. The van der Waals surface area contributed by atoms with Gasteiger partial charge in [-0.3, -0.25) is 14.9 Å². The van der Waals surface area contributed by atoms with E-state index in [0.29, 0.717) is 22.7 Å². The smallest absolute Gasteiger partial charge is 0.326 e. The molecular formula is C18H17FN6O4. The Bertz CT molecular complexity index is 1100. The van der Waals surface area contributed by atoms with Gasteiger partial charge in [0, 0.05) is 17.0 Å². The van der Waals surface area contributed by atoms with Gasteiger partial charge in [-0.1, -0.05) is 12.1 Å². The number of aryl methyl sites for hydroxylation is 2. The molecule has 0 aliphatic rings. The number of imide groups is 1. The number of anilines is 1. The number of aromatic nitrogens is 4. The van der Waals surface area contributed by atoms with E-state index in [1.54, 1.807) is 13.8 Å². The highest BCUT2D eigenvalue weighted by Gasteiger charge is 2.17. The molecule has 3 aromatic rings. The number of urea groups is 1. The molecule has 11 heteroatoms. The van der Waals surface area contributed by atoms with Crippen LogP contribution in [0.15, 0.2) is 30.6 Å². The van der Waals surface area contributed by atoms with E-state index in [4.69, 9.17) is 4.74 Å². The molecule has 0 fully saturated rings. The zero-order valence-electron chi connectivity index (χ0n) is 15.6. The second kappa shape index (κ2) is 8.42. The van der Waals surface area contributed by atoms with Crippen LogP contribution in [-0.4, -0.2) is 44.1 Å². The molecule has 0 spiro atoms. The molecule has 0 bridgehead atoms. The van der Waals surface area contributed by atoms with E-state index in [2.05, 4.69) is 20.4 Å². The summed E-state index contributed by atoms with van der Waals surface area (Å²) in [7, 11) is 0. The standard InChI is InChI=1S/C18H17FN6O4/c1-10-12(11(2)25-17(22-10)20-9-21-25)7-16(27)29-8-15(26)24-18(28)23-14-6-4-3-5-13(14)19/h3-6,9H,7-8H2,1-2H3,(H2,23,24,26,28). The quantitative estimate of drug-likeness (QED) is 0.618. The summed E-state index contributed by atoms with van der Waals surface area (Å²) in [6, 6.07) is 4.54. The summed E-state index contributed by atoms with van der Waals surface area (Å²) in [5, 5.41) is 8.17. The monoisotopic (exact) mass is 400 g/mol. The van der Waals surface area contributed by atoms with Gasteiger partial charge in [0.1, 0.15) is 12.1 Å². The number of halogens is 1. The Hall–Kier alpha value is -3.89. The molecule has 150 valence electrons. The summed E-state index contributed by atoms with van der Waals surface area (Å²) in [5.74, 6) is -1.77. The van der Waals surface area contributed by atoms with Gasteiger partial charge < -0.3 is 10.1 Å². The number of nitrogens with zero attached hydrogens (tertiary/aromatic N) is 4. The van der Waals surface area contributed by atoms with E-state index >= 15 is 0 Å². The molecule has 0 unspecified atom stereocenters. The van der Waals surface area contributed by atoms with E-state index in [1.165, 1.54) is 29.0 Å². The fraction of sp³-hybridized carbons (Fsp3) is 0.222. The Morgan fingerprint density at radius 3 is 2.72 bits per heavy atom. The number of hydrogen-bond donors (Lipinski definition) is 2. The van der Waals surface area contributed by atoms with E-state index in [9.17, 15) is 18.8 Å². The first-order valence-electron chi connectivity index (χ1n) is 8.52. The third-order valence-electron chi connectivity index (χ3n) is 4.05. The molecule has 0 aliphatic heterocycles. The van der Waals surface area contributed by atoms with Crippen molar-refractivity contribution in [3.63, 3.8) is 0 Å². The van der Waals surface area contributed by atoms with Crippen LogP contribution in [0.25, 0.3) is 5.78 Å². The first kappa shape index (κ1) is 19.9. The van der Waals surface area contributed by atoms with Crippen LogP contribution >= 0.6 is 0 Å². The molecule has 1 aromatic carbocycles. The molecule has 2 heterocycles. The molecule has 2 N–H and O–H groups in total. The van der Waals surface area contributed by atoms with Crippen molar-refractivity contribution < 1.29 is 23.5 Å². The van der Waals surface area contributed by atoms with Gasteiger partial charge in [0.15, 0.2) is 6.61 Å². The van der Waals surface area contributed by atoms with E-state index in [1.807, 2.05) is 5.32 Å². The Balaban J connectivity index is 1.52. The van der Waals surface area contributed by atoms with Gasteiger partial charge in [0.2, 0.25) is 0 Å². The van der Waals surface area contributed by atoms with Crippen LogP contribution in [0.3, 0.4) is 0 Å². The third-order valence-corrected chi connectivity index (χ3v) is 4.05. The number of para-hydroxylation sites is 1. The van der Waals surface area contributed by atoms with Crippen LogP contribution < -0.4 is 10.6 Å². The fourth-order valence-corrected chi connectivity index (χ4v) is 2.63. The summed E-state index contributed by atoms with van der Waals surface area (Å²) in [4.78, 5) is 43.8. The average molecular weight is 400 g/mol. The summed E-state index contributed by atoms with van der Waals surface area (Å²) in [6.45, 7) is 2.82. The average Bonchev–Trinajstić information content (AvgIpc) is 3.14. The second-order valence-corrected chi connectivity index (χ2v) is 6.05. The number of ether oxygens (including phenoxy) is 1. The number of esters is 1. The lowest BCUT2D eigenvalue weighted by atomic mass is 10.1. The summed E-state index contributed by atoms with van der Waals surface area (Å²) in [5.41, 5.74) is 1.78. The number of hydrogen-bond acceptors (Lipinski definition) is 7. The van der Waals surface area contributed by atoms with Crippen LogP contribution in [0.5, 0.6) is 0 Å². The molecule has 29 heavy (non-hydrogen) atoms. The third kappa shape index (κ3) is 4.69. The highest BCUT2D eigenvalue weighted by Crippen LogP contribution is 2.14. The van der Waals surface area contributed by atoms with E-state index in [-0.39, 0.29) is 12.1 Å². The van der Waals surface area contributed by atoms with Crippen LogP contribution in [0, 0.1) is 19.7 Å². The maximum atomic E-state index is 13.5. The lowest BCUT2D eigenvalue weighted by Crippen LogP contribution is -2.37. The summed E-state index contributed by atoms with van der Waals surface area (Å²) in [6.07, 6.45) is 1.22. The molecule has 3 rings (SSSR count). The molecule has 0 atom stereocenters. The number of nitrogens with one attached hydrogen (secondary N) is 2. The molecule has 0 saturated heterocycles. The molecule has 10 nitrogen and oxygen atoms in total. The summed E-state index contributed by atoms with van der Waals surface area (Å²) < 4.78 is 19.9. The van der Waals surface area contributed by atoms with Crippen LogP contribution in [0.2, 0.25) is 0 Å². The minimum Gasteiger partial charge on any atom is -0.455 e. The van der Waals surface area contributed by atoms with Gasteiger partial charge >= 0.3 is 12.0 Å². The Labute approximate surface area is 164 Å². The zero-order chi connectivity index (χ0) is 21.0. The minimum absolute atomic E-state index is 0.0863. The van der Waals surface area contributed by atoms with Gasteiger partial charge in [0.25, 0.3) is 11.7 Å². The highest BCUT2D eigenvalue weighted by molar-refractivity contribution is 6.01. The minimum atomic E-state index is -0.941. The Morgan fingerprint density at radius 2 is 1.97 bits per heavy atom. The number of benzene rings is 1. The number of fused-ring (bicyclic) bond motifs is 1. The second-order valence-electron chi connectivity index (χ2n) is 6.05. The van der Waals surface area contributed by atoms with Gasteiger partial charge in [-0.2, -0.15) is 10.1 Å². The van der Waals surface area contributed by atoms with Gasteiger partial charge in [0.05, 0.1) is 12.1 Å². The van der Waals surface area contributed by atoms with Crippen molar-refractivity contribution in [2.75, 3.05) is 11.9 Å². The first-order chi connectivity index (χ1) is 13.8. The number of carbonyl (C=O) groups is 3. The zero-order valence-corrected chi connectivity index (χ0v) is 15.6. The van der Waals surface area contributed by atoms with Crippen molar-refractivity contribution in [2.45, 2.75) is 20.3 Å². The van der Waals surface area contributed by atoms with Gasteiger partial charge in [-0.05, 0) is 26.0 Å². The molecule has 0 aliphatic carbocycles.